The molecule has 1 saturated heterocycles. The third-order valence-electron chi connectivity index (χ3n) is 3.07. The Morgan fingerprint density at radius 2 is 2.29 bits per heavy atom. The number of amides is 2. The second-order valence-corrected chi connectivity index (χ2v) is 6.64. The summed E-state index contributed by atoms with van der Waals surface area (Å²) in [5.41, 5.74) is 0.0710. The van der Waals surface area contributed by atoms with Crippen LogP contribution in [-0.2, 0) is 4.79 Å². The van der Waals surface area contributed by atoms with Crippen LogP contribution in [-0.4, -0.2) is 46.1 Å². The Bertz CT molecular complexity index is 558. The van der Waals surface area contributed by atoms with Crippen LogP contribution in [0.15, 0.2) is 22.7 Å². The van der Waals surface area contributed by atoms with E-state index in [0.717, 1.165) is 5.75 Å². The topological polar surface area (TPSA) is 69.6 Å². The molecular weight excluding hydrogens is 363 g/mol. The number of hydrogen-bond donors (Lipinski definition) is 2. The van der Waals surface area contributed by atoms with Gasteiger partial charge in [0, 0.05) is 22.5 Å². The van der Waals surface area contributed by atoms with Crippen molar-refractivity contribution in [2.45, 2.75) is 12.5 Å². The van der Waals surface area contributed by atoms with Gasteiger partial charge in [-0.05, 0) is 18.2 Å². The number of aliphatic carboxylic acids is 1. The van der Waals surface area contributed by atoms with Crippen molar-refractivity contribution in [2.24, 2.45) is 0 Å². The van der Waals surface area contributed by atoms with Crippen LogP contribution in [0, 0.1) is 5.82 Å². The van der Waals surface area contributed by atoms with E-state index in [1.807, 2.05) is 0 Å². The molecule has 2 amide bonds. The lowest BCUT2D eigenvalue weighted by atomic mass is 10.2. The normalized spacial score (nSPS) is 18.4. The molecule has 114 valence electrons. The van der Waals surface area contributed by atoms with E-state index in [-0.39, 0.29) is 18.2 Å². The van der Waals surface area contributed by atoms with E-state index >= 15 is 0 Å². The van der Waals surface area contributed by atoms with Crippen molar-refractivity contribution in [1.29, 1.82) is 0 Å². The standard InChI is InChI=1S/C13H14BrFN2O3S/c14-8-1-2-10(15)11(5-8)16-13(20)17-3-4-21-7-9(17)6-12(18)19/h1-2,5,9H,3-4,6-7H2,(H,16,20)(H,18,19). The lowest BCUT2D eigenvalue weighted by Crippen LogP contribution is -2.49. The molecule has 1 aromatic rings. The molecule has 2 N–H and O–H groups in total. The van der Waals surface area contributed by atoms with Gasteiger partial charge in [-0.25, -0.2) is 9.18 Å². The lowest BCUT2D eigenvalue weighted by Gasteiger charge is -2.34. The number of anilines is 1. The quantitative estimate of drug-likeness (QED) is 0.850. The molecule has 1 aromatic carbocycles. The Balaban J connectivity index is 2.10. The van der Waals surface area contributed by atoms with Crippen molar-refractivity contribution in [3.05, 3.63) is 28.5 Å². The number of rotatable bonds is 3. The molecule has 0 aliphatic carbocycles. The van der Waals surface area contributed by atoms with Crippen LogP contribution in [0.5, 0.6) is 0 Å². The predicted molar refractivity (Wildman–Crippen MR) is 83.2 cm³/mol. The van der Waals surface area contributed by atoms with Crippen molar-refractivity contribution in [3.63, 3.8) is 0 Å². The highest BCUT2D eigenvalue weighted by molar-refractivity contribution is 9.10. The Hall–Kier alpha value is -1.28. The highest BCUT2D eigenvalue weighted by atomic mass is 79.9. The summed E-state index contributed by atoms with van der Waals surface area (Å²) in [7, 11) is 0. The second kappa shape index (κ2) is 7.13. The van der Waals surface area contributed by atoms with Gasteiger partial charge >= 0.3 is 12.0 Å². The number of carbonyl (C=O) groups is 2. The molecule has 0 aromatic heterocycles. The van der Waals surface area contributed by atoms with Crippen LogP contribution in [0.3, 0.4) is 0 Å². The average molecular weight is 377 g/mol. The van der Waals surface area contributed by atoms with Crippen LogP contribution in [0.1, 0.15) is 6.42 Å². The van der Waals surface area contributed by atoms with E-state index in [0.29, 0.717) is 16.8 Å². The Morgan fingerprint density at radius 1 is 1.52 bits per heavy atom. The minimum Gasteiger partial charge on any atom is -0.481 e. The fourth-order valence-corrected chi connectivity index (χ4v) is 3.50. The molecule has 1 unspecified atom stereocenters. The van der Waals surface area contributed by atoms with Crippen LogP contribution in [0.4, 0.5) is 14.9 Å². The van der Waals surface area contributed by atoms with E-state index in [4.69, 9.17) is 5.11 Å². The number of halogens is 2. The molecule has 8 heteroatoms. The molecule has 0 radical (unpaired) electrons. The Kier molecular flexibility index (Phi) is 5.46. The first-order chi connectivity index (χ1) is 9.97. The summed E-state index contributed by atoms with van der Waals surface area (Å²) in [6.45, 7) is 0.448. The third kappa shape index (κ3) is 4.34. The van der Waals surface area contributed by atoms with Gasteiger partial charge in [0.2, 0.25) is 0 Å². The zero-order valence-corrected chi connectivity index (χ0v) is 13.4. The van der Waals surface area contributed by atoms with Gasteiger partial charge in [0.05, 0.1) is 18.2 Å². The number of carbonyl (C=O) groups excluding carboxylic acids is 1. The molecule has 0 bridgehead atoms. The van der Waals surface area contributed by atoms with Gasteiger partial charge < -0.3 is 15.3 Å². The largest absolute Gasteiger partial charge is 0.481 e. The maximum Gasteiger partial charge on any atom is 0.322 e. The van der Waals surface area contributed by atoms with E-state index < -0.39 is 17.8 Å². The number of thioether (sulfide) groups is 1. The van der Waals surface area contributed by atoms with E-state index in [1.165, 1.54) is 23.1 Å². The second-order valence-electron chi connectivity index (χ2n) is 4.57. The van der Waals surface area contributed by atoms with Crippen LogP contribution < -0.4 is 5.32 Å². The summed E-state index contributed by atoms with van der Waals surface area (Å²) in [6.07, 6.45) is -0.110. The van der Waals surface area contributed by atoms with Crippen LogP contribution >= 0.6 is 27.7 Å². The fraction of sp³-hybridized carbons (Fsp3) is 0.385. The first kappa shape index (κ1) is 16.1. The number of benzene rings is 1. The van der Waals surface area contributed by atoms with Gasteiger partial charge in [-0.2, -0.15) is 11.8 Å². The zero-order chi connectivity index (χ0) is 15.4. The summed E-state index contributed by atoms with van der Waals surface area (Å²) in [5, 5.41) is 11.4. The van der Waals surface area contributed by atoms with Gasteiger partial charge in [-0.1, -0.05) is 15.9 Å². The smallest absolute Gasteiger partial charge is 0.322 e. The van der Waals surface area contributed by atoms with Crippen molar-refractivity contribution in [3.8, 4) is 0 Å². The predicted octanol–water partition coefficient (Wildman–Crippen LogP) is 3.01. The van der Waals surface area contributed by atoms with Gasteiger partial charge in [0.25, 0.3) is 0 Å². The number of hydrogen-bond acceptors (Lipinski definition) is 3. The van der Waals surface area contributed by atoms with Crippen LogP contribution in [0.2, 0.25) is 0 Å². The maximum atomic E-state index is 13.7. The molecule has 1 aliphatic rings. The third-order valence-corrected chi connectivity index (χ3v) is 4.65. The molecule has 1 atom stereocenters. The summed E-state index contributed by atoms with van der Waals surface area (Å²) in [4.78, 5) is 24.6. The monoisotopic (exact) mass is 376 g/mol. The number of nitrogens with zero attached hydrogens (tertiary/aromatic N) is 1. The minimum absolute atomic E-state index is 0.0710. The highest BCUT2D eigenvalue weighted by Crippen LogP contribution is 2.23. The van der Waals surface area contributed by atoms with Crippen LogP contribution in [0.25, 0.3) is 0 Å². The summed E-state index contributed by atoms with van der Waals surface area (Å²) >= 11 is 4.83. The summed E-state index contributed by atoms with van der Waals surface area (Å²) < 4.78 is 14.3. The highest BCUT2D eigenvalue weighted by Gasteiger charge is 2.29. The molecule has 21 heavy (non-hydrogen) atoms. The maximum absolute atomic E-state index is 13.7. The van der Waals surface area contributed by atoms with Crippen molar-refractivity contribution >= 4 is 45.4 Å². The SMILES string of the molecule is O=C(O)CC1CSCCN1C(=O)Nc1cc(Br)ccc1F. The van der Waals surface area contributed by atoms with E-state index in [2.05, 4.69) is 21.2 Å². The molecule has 5 nitrogen and oxygen atoms in total. The van der Waals surface area contributed by atoms with E-state index in [1.54, 1.807) is 11.8 Å². The van der Waals surface area contributed by atoms with Crippen molar-refractivity contribution in [1.82, 2.24) is 4.90 Å². The summed E-state index contributed by atoms with van der Waals surface area (Å²) in [6, 6.07) is 3.41. The number of nitrogens with one attached hydrogen (secondary N) is 1. The number of urea groups is 1. The first-order valence-electron chi connectivity index (χ1n) is 6.29. The lowest BCUT2D eigenvalue weighted by molar-refractivity contribution is -0.137. The Morgan fingerprint density at radius 3 is 3.00 bits per heavy atom. The van der Waals surface area contributed by atoms with Gasteiger partial charge in [-0.15, -0.1) is 0 Å². The fourth-order valence-electron chi connectivity index (χ4n) is 2.07. The summed E-state index contributed by atoms with van der Waals surface area (Å²) in [5.74, 6) is -0.174. The Labute approximate surface area is 134 Å². The van der Waals surface area contributed by atoms with Gasteiger partial charge in [-0.3, -0.25) is 4.79 Å². The molecular formula is C13H14BrFN2O3S. The minimum atomic E-state index is -0.950. The molecule has 1 fully saturated rings. The zero-order valence-electron chi connectivity index (χ0n) is 11.0. The number of carboxylic acid groups (broad SMARTS) is 1. The molecule has 0 saturated carbocycles. The molecule has 1 heterocycles. The van der Waals surface area contributed by atoms with Gasteiger partial charge in [0.15, 0.2) is 0 Å². The van der Waals surface area contributed by atoms with Crippen molar-refractivity contribution < 1.29 is 19.1 Å². The van der Waals surface area contributed by atoms with E-state index in [9.17, 15) is 14.0 Å². The first-order valence-corrected chi connectivity index (χ1v) is 8.24. The van der Waals surface area contributed by atoms with Gasteiger partial charge in [0.1, 0.15) is 5.82 Å². The van der Waals surface area contributed by atoms with Crippen molar-refractivity contribution in [2.75, 3.05) is 23.4 Å². The molecule has 1 aliphatic heterocycles. The molecule has 0 spiro atoms. The molecule has 2 rings (SSSR count). The number of carboxylic acids is 1. The average Bonchev–Trinajstić information content (AvgIpc) is 2.42.